The molecule has 1 fully saturated rings. The van der Waals surface area contributed by atoms with Gasteiger partial charge in [-0.25, -0.2) is 0 Å². The van der Waals surface area contributed by atoms with Crippen molar-refractivity contribution in [3.05, 3.63) is 35.6 Å². The maximum Gasteiger partial charge on any atom is 0.217 e. The number of furan rings is 1. The van der Waals surface area contributed by atoms with Gasteiger partial charge in [-0.15, -0.1) is 0 Å². The molecule has 17 heavy (non-hydrogen) atoms. The van der Waals surface area contributed by atoms with E-state index in [1.807, 2.05) is 25.1 Å². The second-order valence-corrected chi connectivity index (χ2v) is 4.99. The quantitative estimate of drug-likeness (QED) is 0.805. The maximum atomic E-state index is 12.2. The number of aryl methyl sites for hydroxylation is 1. The fourth-order valence-electron chi connectivity index (χ4n) is 2.30. The Bertz CT molecular complexity index is 593. The van der Waals surface area contributed by atoms with Crippen LogP contribution in [0.5, 0.6) is 0 Å². The van der Waals surface area contributed by atoms with Crippen LogP contribution in [0.15, 0.2) is 28.7 Å². The molecule has 1 aliphatic carbocycles. The minimum absolute atomic E-state index is 0.0578. The van der Waals surface area contributed by atoms with Crippen molar-refractivity contribution in [3.8, 4) is 0 Å². The highest BCUT2D eigenvalue weighted by Gasteiger charge is 2.41. The molecule has 0 atom stereocenters. The Kier molecular flexibility index (Phi) is 2.13. The highest BCUT2D eigenvalue weighted by molar-refractivity contribution is 6.04. The maximum absolute atomic E-state index is 12.2. The predicted octanol–water partition coefficient (Wildman–Crippen LogP) is 2.81. The molecular formula is C14H15NO2. The first-order valence-electron chi connectivity index (χ1n) is 5.92. The highest BCUT2D eigenvalue weighted by Crippen LogP contribution is 2.33. The molecule has 0 spiro atoms. The SMILES string of the molecule is Cc1ccc2oc(C(=O)C3(N)CCC3)cc2c1. The van der Waals surface area contributed by atoms with E-state index >= 15 is 0 Å². The summed E-state index contributed by atoms with van der Waals surface area (Å²) in [6.45, 7) is 2.02. The fraction of sp³-hybridized carbons (Fsp3) is 0.357. The average molecular weight is 229 g/mol. The van der Waals surface area contributed by atoms with Crippen molar-refractivity contribution in [2.75, 3.05) is 0 Å². The molecule has 0 amide bonds. The molecule has 88 valence electrons. The van der Waals surface area contributed by atoms with Crippen LogP contribution in [0.4, 0.5) is 0 Å². The molecule has 1 aromatic heterocycles. The van der Waals surface area contributed by atoms with E-state index in [2.05, 4.69) is 0 Å². The summed E-state index contributed by atoms with van der Waals surface area (Å²) in [5.74, 6) is 0.338. The molecular weight excluding hydrogens is 214 g/mol. The van der Waals surface area contributed by atoms with E-state index < -0.39 is 5.54 Å². The van der Waals surface area contributed by atoms with E-state index in [0.29, 0.717) is 5.76 Å². The van der Waals surface area contributed by atoms with Crippen LogP contribution < -0.4 is 5.73 Å². The zero-order valence-electron chi connectivity index (χ0n) is 9.82. The van der Waals surface area contributed by atoms with Crippen LogP contribution in [0.3, 0.4) is 0 Å². The van der Waals surface area contributed by atoms with Gasteiger partial charge in [0.15, 0.2) is 5.76 Å². The highest BCUT2D eigenvalue weighted by atomic mass is 16.3. The third-order valence-corrected chi connectivity index (χ3v) is 3.59. The first-order valence-corrected chi connectivity index (χ1v) is 5.92. The van der Waals surface area contributed by atoms with Gasteiger partial charge >= 0.3 is 0 Å². The Morgan fingerprint density at radius 1 is 1.35 bits per heavy atom. The number of fused-ring (bicyclic) bond motifs is 1. The topological polar surface area (TPSA) is 56.2 Å². The zero-order chi connectivity index (χ0) is 12.0. The molecule has 3 nitrogen and oxygen atoms in total. The van der Waals surface area contributed by atoms with Crippen molar-refractivity contribution < 1.29 is 9.21 Å². The molecule has 1 aromatic carbocycles. The molecule has 0 aliphatic heterocycles. The lowest BCUT2D eigenvalue weighted by Crippen LogP contribution is -2.53. The van der Waals surface area contributed by atoms with Crippen LogP contribution in [0.2, 0.25) is 0 Å². The minimum atomic E-state index is -0.678. The van der Waals surface area contributed by atoms with Crippen molar-refractivity contribution in [1.82, 2.24) is 0 Å². The third kappa shape index (κ3) is 1.58. The van der Waals surface area contributed by atoms with Gasteiger partial charge in [0, 0.05) is 5.39 Å². The lowest BCUT2D eigenvalue weighted by atomic mass is 9.74. The fourth-order valence-corrected chi connectivity index (χ4v) is 2.30. The van der Waals surface area contributed by atoms with E-state index in [1.165, 1.54) is 0 Å². The van der Waals surface area contributed by atoms with Gasteiger partial charge in [0.05, 0.1) is 5.54 Å². The normalized spacial score (nSPS) is 18.0. The number of benzene rings is 1. The Morgan fingerprint density at radius 2 is 2.12 bits per heavy atom. The zero-order valence-corrected chi connectivity index (χ0v) is 9.82. The Hall–Kier alpha value is -1.61. The van der Waals surface area contributed by atoms with E-state index in [9.17, 15) is 4.79 Å². The van der Waals surface area contributed by atoms with Crippen LogP contribution in [-0.2, 0) is 0 Å². The second kappa shape index (κ2) is 3.44. The summed E-state index contributed by atoms with van der Waals surface area (Å²) in [6, 6.07) is 7.68. The monoisotopic (exact) mass is 229 g/mol. The summed E-state index contributed by atoms with van der Waals surface area (Å²) < 4.78 is 5.58. The molecule has 2 N–H and O–H groups in total. The van der Waals surface area contributed by atoms with Crippen LogP contribution >= 0.6 is 0 Å². The van der Waals surface area contributed by atoms with Gasteiger partial charge in [0.2, 0.25) is 5.78 Å². The summed E-state index contributed by atoms with van der Waals surface area (Å²) in [7, 11) is 0. The largest absolute Gasteiger partial charge is 0.453 e. The number of hydrogen-bond acceptors (Lipinski definition) is 3. The first kappa shape index (κ1) is 10.5. The van der Waals surface area contributed by atoms with Crippen molar-refractivity contribution in [2.45, 2.75) is 31.7 Å². The molecule has 2 aromatic rings. The van der Waals surface area contributed by atoms with Gasteiger partial charge in [-0.3, -0.25) is 4.79 Å². The number of carbonyl (C=O) groups excluding carboxylic acids is 1. The number of ketones is 1. The van der Waals surface area contributed by atoms with Crippen LogP contribution in [0, 0.1) is 6.92 Å². The molecule has 0 saturated heterocycles. The van der Waals surface area contributed by atoms with E-state index in [0.717, 1.165) is 35.8 Å². The first-order chi connectivity index (χ1) is 8.08. The van der Waals surface area contributed by atoms with Crippen molar-refractivity contribution in [1.29, 1.82) is 0 Å². The molecule has 3 rings (SSSR count). The Labute approximate surface area is 99.6 Å². The lowest BCUT2D eigenvalue weighted by molar-refractivity contribution is 0.0773. The third-order valence-electron chi connectivity index (χ3n) is 3.59. The van der Waals surface area contributed by atoms with Gasteiger partial charge in [-0.05, 0) is 44.4 Å². The van der Waals surface area contributed by atoms with Gasteiger partial charge in [0.1, 0.15) is 5.58 Å². The number of nitrogens with two attached hydrogens (primary N) is 1. The number of hydrogen-bond donors (Lipinski definition) is 1. The van der Waals surface area contributed by atoms with Gasteiger partial charge in [-0.1, -0.05) is 11.6 Å². The van der Waals surface area contributed by atoms with Gasteiger partial charge < -0.3 is 10.2 Å². The predicted molar refractivity (Wildman–Crippen MR) is 66.1 cm³/mol. The second-order valence-electron chi connectivity index (χ2n) is 4.99. The average Bonchev–Trinajstić information content (AvgIpc) is 2.67. The Balaban J connectivity index is 2.03. The summed E-state index contributed by atoms with van der Waals surface area (Å²) in [5.41, 5.74) is 7.25. The lowest BCUT2D eigenvalue weighted by Gasteiger charge is -2.35. The van der Waals surface area contributed by atoms with Gasteiger partial charge in [0.25, 0.3) is 0 Å². The smallest absolute Gasteiger partial charge is 0.217 e. The van der Waals surface area contributed by atoms with Crippen LogP contribution in [0.1, 0.15) is 35.4 Å². The van der Waals surface area contributed by atoms with Crippen molar-refractivity contribution in [2.24, 2.45) is 5.73 Å². The molecule has 1 aliphatic rings. The summed E-state index contributed by atoms with van der Waals surface area (Å²) in [5, 5.41) is 0.969. The van der Waals surface area contributed by atoms with Gasteiger partial charge in [-0.2, -0.15) is 0 Å². The molecule has 0 unspecified atom stereocenters. The summed E-state index contributed by atoms with van der Waals surface area (Å²) in [4.78, 5) is 12.2. The Morgan fingerprint density at radius 3 is 2.76 bits per heavy atom. The number of Topliss-reactive ketones (excluding diaryl/α,β-unsaturated/α-hetero) is 1. The number of carbonyl (C=O) groups is 1. The van der Waals surface area contributed by atoms with Crippen LogP contribution in [0.25, 0.3) is 11.0 Å². The van der Waals surface area contributed by atoms with E-state index in [-0.39, 0.29) is 5.78 Å². The minimum Gasteiger partial charge on any atom is -0.453 e. The molecule has 1 saturated carbocycles. The van der Waals surface area contributed by atoms with E-state index in [1.54, 1.807) is 6.07 Å². The standard InChI is InChI=1S/C14H15NO2/c1-9-3-4-11-10(7-9)8-12(17-11)13(16)14(15)5-2-6-14/h3-4,7-8H,2,5-6,15H2,1H3. The van der Waals surface area contributed by atoms with Crippen LogP contribution in [-0.4, -0.2) is 11.3 Å². The molecule has 1 heterocycles. The summed E-state index contributed by atoms with van der Waals surface area (Å²) >= 11 is 0. The van der Waals surface area contributed by atoms with E-state index in [4.69, 9.17) is 10.2 Å². The van der Waals surface area contributed by atoms with Crippen molar-refractivity contribution in [3.63, 3.8) is 0 Å². The number of rotatable bonds is 2. The molecule has 3 heteroatoms. The molecule has 0 bridgehead atoms. The summed E-state index contributed by atoms with van der Waals surface area (Å²) in [6.07, 6.45) is 2.56. The van der Waals surface area contributed by atoms with Crippen molar-refractivity contribution >= 4 is 16.8 Å². The molecule has 0 radical (unpaired) electrons.